The second-order valence-corrected chi connectivity index (χ2v) is 5.01. The number of aromatic nitrogens is 1. The molecule has 1 aromatic carbocycles. The molecule has 0 aliphatic carbocycles. The molecule has 0 amide bonds. The molecule has 3 nitrogen and oxygen atoms in total. The molecule has 1 aromatic heterocycles. The Morgan fingerprint density at radius 2 is 2.06 bits per heavy atom. The summed E-state index contributed by atoms with van der Waals surface area (Å²) in [4.78, 5) is 11.7. The highest BCUT2D eigenvalue weighted by Crippen LogP contribution is 2.31. The Labute approximate surface area is 107 Å². The fourth-order valence-corrected chi connectivity index (χ4v) is 2.75. The molecule has 2 rings (SSSR count). The molecule has 2 aromatic rings. The molecular formula is C15H19NO2. The van der Waals surface area contributed by atoms with E-state index in [0.29, 0.717) is 6.42 Å². The maximum Gasteiger partial charge on any atom is 0.329 e. The van der Waals surface area contributed by atoms with E-state index in [4.69, 9.17) is 0 Å². The lowest BCUT2D eigenvalue weighted by molar-refractivity contribution is -0.147. The normalized spacial score (nSPS) is 14.6. The number of carboxylic acids is 1. The molecule has 0 aliphatic heterocycles. The molecule has 1 N–H and O–H groups in total. The van der Waals surface area contributed by atoms with E-state index in [2.05, 4.69) is 0 Å². The molecule has 0 spiro atoms. The van der Waals surface area contributed by atoms with Crippen molar-refractivity contribution < 1.29 is 9.90 Å². The summed E-state index contributed by atoms with van der Waals surface area (Å²) in [7, 11) is 0. The van der Waals surface area contributed by atoms with Gasteiger partial charge in [0.25, 0.3) is 0 Å². The Morgan fingerprint density at radius 1 is 1.39 bits per heavy atom. The maximum atomic E-state index is 11.7. The summed E-state index contributed by atoms with van der Waals surface area (Å²) in [5.74, 6) is -0.770. The second-order valence-electron chi connectivity index (χ2n) is 5.01. The molecule has 0 saturated carbocycles. The number of carbonyl (C=O) groups is 1. The van der Waals surface area contributed by atoms with E-state index in [1.165, 1.54) is 0 Å². The van der Waals surface area contributed by atoms with Crippen LogP contribution in [0.25, 0.3) is 10.9 Å². The Bertz CT molecular complexity index is 585. The first-order chi connectivity index (χ1) is 8.50. The van der Waals surface area contributed by atoms with Crippen molar-refractivity contribution in [3.8, 4) is 0 Å². The minimum absolute atomic E-state index is 0.627. The van der Waals surface area contributed by atoms with Crippen molar-refractivity contribution in [2.24, 2.45) is 0 Å². The number of carboxylic acid groups (broad SMARTS) is 1. The van der Waals surface area contributed by atoms with Gasteiger partial charge in [0.1, 0.15) is 5.54 Å². The summed E-state index contributed by atoms with van der Waals surface area (Å²) < 4.78 is 1.95. The number of hydrogen-bond donors (Lipinski definition) is 1. The van der Waals surface area contributed by atoms with Gasteiger partial charge in [0, 0.05) is 11.2 Å². The number of benzene rings is 1. The third-order valence-corrected chi connectivity index (χ3v) is 3.59. The van der Waals surface area contributed by atoms with Gasteiger partial charge in [-0.25, -0.2) is 4.79 Å². The van der Waals surface area contributed by atoms with Gasteiger partial charge in [-0.1, -0.05) is 31.5 Å². The van der Waals surface area contributed by atoms with Crippen molar-refractivity contribution in [2.45, 2.75) is 39.2 Å². The zero-order chi connectivity index (χ0) is 13.3. The molecule has 0 bridgehead atoms. The molecule has 3 heteroatoms. The number of nitrogens with zero attached hydrogens (tertiary/aromatic N) is 1. The van der Waals surface area contributed by atoms with Crippen LogP contribution >= 0.6 is 0 Å². The topological polar surface area (TPSA) is 42.2 Å². The minimum atomic E-state index is -0.873. The van der Waals surface area contributed by atoms with E-state index >= 15 is 0 Å². The highest BCUT2D eigenvalue weighted by atomic mass is 16.4. The summed E-state index contributed by atoms with van der Waals surface area (Å²) in [5.41, 5.74) is 1.12. The smallest absolute Gasteiger partial charge is 0.329 e. The van der Waals surface area contributed by atoms with E-state index in [-0.39, 0.29) is 0 Å². The van der Waals surface area contributed by atoms with E-state index in [1.54, 1.807) is 6.92 Å². The molecular weight excluding hydrogens is 226 g/mol. The number of fused-ring (bicyclic) bond motifs is 1. The van der Waals surface area contributed by atoms with Crippen LogP contribution < -0.4 is 0 Å². The number of aryl methyl sites for hydroxylation is 1. The molecule has 0 aliphatic rings. The lowest BCUT2D eigenvalue weighted by Gasteiger charge is -2.29. The van der Waals surface area contributed by atoms with Gasteiger partial charge in [0.2, 0.25) is 0 Å². The maximum absolute atomic E-state index is 11.7. The molecule has 1 atom stereocenters. The average Bonchev–Trinajstić information content (AvgIpc) is 2.65. The Kier molecular flexibility index (Phi) is 3.16. The van der Waals surface area contributed by atoms with Crippen LogP contribution in [0.5, 0.6) is 0 Å². The van der Waals surface area contributed by atoms with Gasteiger partial charge in [-0.15, -0.1) is 0 Å². The third kappa shape index (κ3) is 1.80. The average molecular weight is 245 g/mol. The number of aliphatic carboxylic acids is 1. The van der Waals surface area contributed by atoms with Crippen LogP contribution in [0.4, 0.5) is 0 Å². The van der Waals surface area contributed by atoms with Crippen LogP contribution in [0.1, 0.15) is 32.4 Å². The van der Waals surface area contributed by atoms with Crippen molar-refractivity contribution in [1.29, 1.82) is 0 Å². The largest absolute Gasteiger partial charge is 0.479 e. The molecule has 18 heavy (non-hydrogen) atoms. The molecule has 0 fully saturated rings. The first-order valence-corrected chi connectivity index (χ1v) is 6.31. The Balaban J connectivity index is 2.71. The van der Waals surface area contributed by atoms with Gasteiger partial charge in [-0.3, -0.25) is 0 Å². The van der Waals surface area contributed by atoms with Gasteiger partial charge in [0.15, 0.2) is 0 Å². The van der Waals surface area contributed by atoms with Crippen molar-refractivity contribution in [2.75, 3.05) is 0 Å². The van der Waals surface area contributed by atoms with Gasteiger partial charge in [0.05, 0.1) is 0 Å². The number of rotatable bonds is 4. The highest BCUT2D eigenvalue weighted by Gasteiger charge is 2.35. The SMILES string of the molecule is CCCC(C)(C(=O)O)n1c(C)cc2ccccc21. The van der Waals surface area contributed by atoms with E-state index in [0.717, 1.165) is 23.0 Å². The van der Waals surface area contributed by atoms with Crippen molar-refractivity contribution in [3.05, 3.63) is 36.0 Å². The van der Waals surface area contributed by atoms with Crippen molar-refractivity contribution >= 4 is 16.9 Å². The fourth-order valence-electron chi connectivity index (χ4n) is 2.75. The second kappa shape index (κ2) is 4.48. The predicted octanol–water partition coefficient (Wildman–Crippen LogP) is 3.55. The summed E-state index contributed by atoms with van der Waals surface area (Å²) in [6.07, 6.45) is 1.47. The number of para-hydroxylation sites is 1. The molecule has 0 saturated heterocycles. The Morgan fingerprint density at radius 3 is 2.67 bits per heavy atom. The standard InChI is InChI=1S/C15H19NO2/c1-4-9-15(3,14(17)18)16-11(2)10-12-7-5-6-8-13(12)16/h5-8,10H,4,9H2,1-3H3,(H,17,18). The summed E-state index contributed by atoms with van der Waals surface area (Å²) in [6, 6.07) is 9.98. The molecule has 1 unspecified atom stereocenters. The van der Waals surface area contributed by atoms with E-state index in [9.17, 15) is 9.90 Å². The van der Waals surface area contributed by atoms with Crippen LogP contribution in [0.15, 0.2) is 30.3 Å². The van der Waals surface area contributed by atoms with Crippen molar-refractivity contribution in [1.82, 2.24) is 4.57 Å². The van der Waals surface area contributed by atoms with Gasteiger partial charge in [-0.2, -0.15) is 0 Å². The molecule has 1 heterocycles. The third-order valence-electron chi connectivity index (χ3n) is 3.59. The van der Waals surface area contributed by atoms with Gasteiger partial charge < -0.3 is 9.67 Å². The van der Waals surface area contributed by atoms with Crippen LogP contribution in [0.2, 0.25) is 0 Å². The molecule has 0 radical (unpaired) electrons. The number of hydrogen-bond acceptors (Lipinski definition) is 1. The minimum Gasteiger partial charge on any atom is -0.479 e. The van der Waals surface area contributed by atoms with Crippen LogP contribution in [-0.2, 0) is 10.3 Å². The quantitative estimate of drug-likeness (QED) is 0.895. The zero-order valence-corrected chi connectivity index (χ0v) is 11.1. The van der Waals surface area contributed by atoms with Crippen LogP contribution in [0.3, 0.4) is 0 Å². The fraction of sp³-hybridized carbons (Fsp3) is 0.400. The first kappa shape index (κ1) is 12.7. The lowest BCUT2D eigenvalue weighted by atomic mass is 9.95. The van der Waals surface area contributed by atoms with Gasteiger partial charge >= 0.3 is 5.97 Å². The Hall–Kier alpha value is -1.77. The summed E-state index contributed by atoms with van der Waals surface area (Å²) >= 11 is 0. The van der Waals surface area contributed by atoms with Crippen molar-refractivity contribution in [3.63, 3.8) is 0 Å². The summed E-state index contributed by atoms with van der Waals surface area (Å²) in [6.45, 7) is 5.79. The highest BCUT2D eigenvalue weighted by molar-refractivity contribution is 5.85. The van der Waals surface area contributed by atoms with Crippen LogP contribution in [-0.4, -0.2) is 15.6 Å². The van der Waals surface area contributed by atoms with E-state index < -0.39 is 11.5 Å². The van der Waals surface area contributed by atoms with Gasteiger partial charge in [-0.05, 0) is 37.8 Å². The van der Waals surface area contributed by atoms with Crippen LogP contribution in [0, 0.1) is 6.92 Å². The monoisotopic (exact) mass is 245 g/mol. The lowest BCUT2D eigenvalue weighted by Crippen LogP contribution is -2.39. The first-order valence-electron chi connectivity index (χ1n) is 6.31. The predicted molar refractivity (Wildman–Crippen MR) is 72.9 cm³/mol. The van der Waals surface area contributed by atoms with E-state index in [1.807, 2.05) is 48.7 Å². The molecule has 96 valence electrons. The zero-order valence-electron chi connectivity index (χ0n) is 11.1. The summed E-state index contributed by atoms with van der Waals surface area (Å²) in [5, 5.41) is 10.7.